The molecule has 1 aromatic rings. The van der Waals surface area contributed by atoms with Crippen LogP contribution in [0, 0.1) is 5.82 Å². The van der Waals surface area contributed by atoms with Gasteiger partial charge in [-0.1, -0.05) is 0 Å². The van der Waals surface area contributed by atoms with Gasteiger partial charge in [0, 0.05) is 13.0 Å². The number of carbonyl (C=O) groups is 1. The van der Waals surface area contributed by atoms with Gasteiger partial charge < -0.3 is 19.5 Å². The molecule has 1 N–H and O–H groups in total. The number of morpholine rings is 1. The number of aliphatic hydroxyl groups excluding tert-OH is 1. The maximum atomic E-state index is 12.7. The largest absolute Gasteiger partial charge is 0.494 e. The highest BCUT2D eigenvalue weighted by Gasteiger charge is 2.26. The Bertz CT molecular complexity index is 451. The Balaban J connectivity index is 1.70. The molecule has 0 aromatic heterocycles. The van der Waals surface area contributed by atoms with Crippen LogP contribution in [0.5, 0.6) is 5.75 Å². The van der Waals surface area contributed by atoms with Crippen LogP contribution in [0.4, 0.5) is 4.39 Å². The van der Waals surface area contributed by atoms with Crippen molar-refractivity contribution in [1.29, 1.82) is 0 Å². The summed E-state index contributed by atoms with van der Waals surface area (Å²) < 4.78 is 23.4. The van der Waals surface area contributed by atoms with Crippen molar-refractivity contribution in [3.05, 3.63) is 30.1 Å². The zero-order valence-electron chi connectivity index (χ0n) is 11.8. The number of benzene rings is 1. The normalized spacial score (nSPS) is 18.6. The van der Waals surface area contributed by atoms with Crippen LogP contribution in [0.15, 0.2) is 24.3 Å². The van der Waals surface area contributed by atoms with E-state index in [0.717, 1.165) is 0 Å². The second-order valence-electron chi connectivity index (χ2n) is 4.90. The van der Waals surface area contributed by atoms with Crippen molar-refractivity contribution in [2.75, 3.05) is 33.0 Å². The van der Waals surface area contributed by atoms with E-state index in [1.165, 1.54) is 12.1 Å². The molecule has 0 aliphatic carbocycles. The molecule has 0 spiro atoms. The first-order valence-corrected chi connectivity index (χ1v) is 7.07. The van der Waals surface area contributed by atoms with Gasteiger partial charge in [0.2, 0.25) is 5.91 Å². The molecule has 1 unspecified atom stereocenters. The van der Waals surface area contributed by atoms with Crippen LogP contribution in [-0.4, -0.2) is 54.9 Å². The molecule has 1 saturated heterocycles. The van der Waals surface area contributed by atoms with Crippen molar-refractivity contribution < 1.29 is 23.8 Å². The van der Waals surface area contributed by atoms with E-state index in [-0.39, 0.29) is 24.4 Å². The molecule has 1 amide bonds. The molecule has 1 aliphatic heterocycles. The summed E-state index contributed by atoms with van der Waals surface area (Å²) >= 11 is 0. The van der Waals surface area contributed by atoms with E-state index in [1.54, 1.807) is 17.0 Å². The van der Waals surface area contributed by atoms with Crippen molar-refractivity contribution in [1.82, 2.24) is 4.90 Å². The first-order chi connectivity index (χ1) is 10.2. The van der Waals surface area contributed by atoms with Crippen LogP contribution in [0.2, 0.25) is 0 Å². The Morgan fingerprint density at radius 2 is 2.19 bits per heavy atom. The Morgan fingerprint density at radius 3 is 2.90 bits per heavy atom. The summed E-state index contributed by atoms with van der Waals surface area (Å²) in [5, 5.41) is 9.22. The van der Waals surface area contributed by atoms with Gasteiger partial charge >= 0.3 is 0 Å². The highest BCUT2D eigenvalue weighted by molar-refractivity contribution is 5.76. The molecule has 1 atom stereocenters. The van der Waals surface area contributed by atoms with E-state index in [9.17, 15) is 14.3 Å². The molecule has 2 rings (SSSR count). The smallest absolute Gasteiger partial charge is 0.223 e. The lowest BCUT2D eigenvalue weighted by Crippen LogP contribution is -2.50. The Hall–Kier alpha value is -1.66. The van der Waals surface area contributed by atoms with Crippen LogP contribution in [-0.2, 0) is 9.53 Å². The molecule has 1 heterocycles. The summed E-state index contributed by atoms with van der Waals surface area (Å²) in [6.45, 7) is 1.72. The van der Waals surface area contributed by atoms with Crippen molar-refractivity contribution in [3.63, 3.8) is 0 Å². The van der Waals surface area contributed by atoms with Gasteiger partial charge in [0.05, 0.1) is 32.5 Å². The summed E-state index contributed by atoms with van der Waals surface area (Å²) in [6.07, 6.45) is 0.934. The van der Waals surface area contributed by atoms with Crippen molar-refractivity contribution in [2.24, 2.45) is 0 Å². The molecule has 1 aliphatic rings. The summed E-state index contributed by atoms with van der Waals surface area (Å²) in [4.78, 5) is 13.7. The van der Waals surface area contributed by atoms with Gasteiger partial charge in [-0.15, -0.1) is 0 Å². The highest BCUT2D eigenvalue weighted by Crippen LogP contribution is 2.13. The van der Waals surface area contributed by atoms with Crippen LogP contribution >= 0.6 is 0 Å². The molecule has 0 saturated carbocycles. The highest BCUT2D eigenvalue weighted by atomic mass is 19.1. The summed E-state index contributed by atoms with van der Waals surface area (Å²) in [5.74, 6) is 0.281. The molecule has 0 radical (unpaired) electrons. The zero-order chi connectivity index (χ0) is 15.1. The van der Waals surface area contributed by atoms with E-state index in [4.69, 9.17) is 9.47 Å². The summed E-state index contributed by atoms with van der Waals surface area (Å²) in [7, 11) is 0. The number of aliphatic hydroxyl groups is 1. The Labute approximate surface area is 123 Å². The predicted octanol–water partition coefficient (Wildman–Crippen LogP) is 1.20. The summed E-state index contributed by atoms with van der Waals surface area (Å²) in [6, 6.07) is 5.53. The van der Waals surface area contributed by atoms with E-state index in [0.29, 0.717) is 45.0 Å². The minimum absolute atomic E-state index is 0.0000520. The quantitative estimate of drug-likeness (QED) is 0.802. The predicted molar refractivity (Wildman–Crippen MR) is 74.5 cm³/mol. The minimum atomic E-state index is -0.306. The number of ether oxygens (including phenoxy) is 2. The third kappa shape index (κ3) is 4.68. The third-order valence-corrected chi connectivity index (χ3v) is 3.38. The third-order valence-electron chi connectivity index (χ3n) is 3.38. The van der Waals surface area contributed by atoms with Gasteiger partial charge in [0.1, 0.15) is 11.6 Å². The number of hydrogen-bond donors (Lipinski definition) is 1. The summed E-state index contributed by atoms with van der Waals surface area (Å²) in [5.41, 5.74) is 0. The average Bonchev–Trinajstić information content (AvgIpc) is 2.53. The molecule has 1 fully saturated rings. The first-order valence-electron chi connectivity index (χ1n) is 7.07. The first kappa shape index (κ1) is 15.7. The van der Waals surface area contributed by atoms with Gasteiger partial charge in [-0.05, 0) is 30.7 Å². The standard InChI is InChI=1S/C15H20FNO4/c16-12-3-5-14(6-4-12)21-8-1-2-15(19)17-7-9-20-11-13(17)10-18/h3-6,13,18H,1-2,7-11H2. The van der Waals surface area contributed by atoms with Gasteiger partial charge in [0.15, 0.2) is 0 Å². The average molecular weight is 297 g/mol. The second kappa shape index (κ2) is 7.95. The van der Waals surface area contributed by atoms with Crippen LogP contribution < -0.4 is 4.74 Å². The number of hydrogen-bond acceptors (Lipinski definition) is 4. The lowest BCUT2D eigenvalue weighted by molar-refractivity contribution is -0.141. The molecular formula is C15H20FNO4. The van der Waals surface area contributed by atoms with Crippen molar-refractivity contribution in [3.8, 4) is 5.75 Å². The van der Waals surface area contributed by atoms with Crippen LogP contribution in [0.1, 0.15) is 12.8 Å². The minimum Gasteiger partial charge on any atom is -0.494 e. The number of amides is 1. The van der Waals surface area contributed by atoms with E-state index in [2.05, 4.69) is 0 Å². The van der Waals surface area contributed by atoms with Crippen LogP contribution in [0.25, 0.3) is 0 Å². The molecule has 116 valence electrons. The fraction of sp³-hybridized carbons (Fsp3) is 0.533. The van der Waals surface area contributed by atoms with Gasteiger partial charge in [-0.25, -0.2) is 4.39 Å². The van der Waals surface area contributed by atoms with E-state index < -0.39 is 0 Å². The molecule has 0 bridgehead atoms. The fourth-order valence-electron chi connectivity index (χ4n) is 2.22. The number of nitrogens with zero attached hydrogens (tertiary/aromatic N) is 1. The Kier molecular flexibility index (Phi) is 5.95. The topological polar surface area (TPSA) is 59.0 Å². The molecule has 21 heavy (non-hydrogen) atoms. The number of carbonyl (C=O) groups excluding carboxylic acids is 1. The monoisotopic (exact) mass is 297 g/mol. The molecule has 1 aromatic carbocycles. The van der Waals surface area contributed by atoms with Gasteiger partial charge in [-0.3, -0.25) is 4.79 Å². The zero-order valence-corrected chi connectivity index (χ0v) is 11.8. The SMILES string of the molecule is O=C(CCCOc1ccc(F)cc1)N1CCOCC1CO. The molecule has 5 nitrogen and oxygen atoms in total. The van der Waals surface area contributed by atoms with E-state index in [1.807, 2.05) is 0 Å². The van der Waals surface area contributed by atoms with Gasteiger partial charge in [-0.2, -0.15) is 0 Å². The lowest BCUT2D eigenvalue weighted by Gasteiger charge is -2.34. The molecular weight excluding hydrogens is 277 g/mol. The van der Waals surface area contributed by atoms with Gasteiger partial charge in [0.25, 0.3) is 0 Å². The number of rotatable bonds is 6. The van der Waals surface area contributed by atoms with E-state index >= 15 is 0 Å². The maximum Gasteiger partial charge on any atom is 0.223 e. The second-order valence-corrected chi connectivity index (χ2v) is 4.90. The number of halogens is 1. The maximum absolute atomic E-state index is 12.7. The van der Waals surface area contributed by atoms with Crippen molar-refractivity contribution in [2.45, 2.75) is 18.9 Å². The van der Waals surface area contributed by atoms with Crippen molar-refractivity contribution >= 4 is 5.91 Å². The lowest BCUT2D eigenvalue weighted by atomic mass is 10.2. The fourth-order valence-corrected chi connectivity index (χ4v) is 2.22. The molecule has 6 heteroatoms. The van der Waals surface area contributed by atoms with Crippen LogP contribution in [0.3, 0.4) is 0 Å². The Morgan fingerprint density at radius 1 is 1.43 bits per heavy atom.